The zero-order valence-corrected chi connectivity index (χ0v) is 17.9. The Balaban J connectivity index is 1.43. The summed E-state index contributed by atoms with van der Waals surface area (Å²) in [5.41, 5.74) is 3.43. The Labute approximate surface area is 173 Å². The number of ether oxygens (including phenoxy) is 1. The molecule has 4 rings (SSSR count). The molecule has 2 fully saturated rings. The van der Waals surface area contributed by atoms with Crippen LogP contribution in [0.4, 0.5) is 0 Å². The first-order valence-electron chi connectivity index (χ1n) is 10.7. The van der Waals surface area contributed by atoms with Crippen LogP contribution in [0.5, 0.6) is 5.75 Å². The van der Waals surface area contributed by atoms with Gasteiger partial charge < -0.3 is 9.64 Å². The van der Waals surface area contributed by atoms with Crippen LogP contribution < -0.4 is 4.74 Å². The number of carbonyl (C=O) groups excluding carboxylic acids is 1. The molecule has 0 aliphatic carbocycles. The number of aromatic nitrogens is 2. The number of likely N-dealkylation sites (tertiary alicyclic amines) is 2. The van der Waals surface area contributed by atoms with Gasteiger partial charge in [0.2, 0.25) is 5.91 Å². The number of amides is 1. The Bertz CT molecular complexity index is 878. The van der Waals surface area contributed by atoms with Crippen LogP contribution >= 0.6 is 0 Å². The summed E-state index contributed by atoms with van der Waals surface area (Å²) in [6.45, 7) is 9.39. The van der Waals surface area contributed by atoms with Gasteiger partial charge in [0.05, 0.1) is 18.7 Å². The molecule has 2 aliphatic heterocycles. The number of hydrogen-bond donors (Lipinski definition) is 0. The van der Waals surface area contributed by atoms with E-state index in [0.717, 1.165) is 63.3 Å². The Morgan fingerprint density at radius 1 is 1.21 bits per heavy atom. The van der Waals surface area contributed by atoms with Crippen LogP contribution in [-0.4, -0.2) is 52.2 Å². The van der Waals surface area contributed by atoms with Crippen molar-refractivity contribution in [2.24, 2.45) is 5.41 Å². The lowest BCUT2D eigenvalue weighted by Crippen LogP contribution is -2.49. The molecule has 1 aromatic heterocycles. The van der Waals surface area contributed by atoms with Gasteiger partial charge in [-0.15, -0.1) is 0 Å². The van der Waals surface area contributed by atoms with Gasteiger partial charge in [0.15, 0.2) is 0 Å². The topological polar surface area (TPSA) is 50.6 Å². The highest BCUT2D eigenvalue weighted by molar-refractivity contribution is 5.84. The van der Waals surface area contributed by atoms with Gasteiger partial charge in [-0.2, -0.15) is 5.10 Å². The number of carbonyl (C=O) groups is 1. The number of aryl methyl sites for hydroxylation is 1. The second kappa shape index (κ2) is 8.19. The van der Waals surface area contributed by atoms with Crippen molar-refractivity contribution < 1.29 is 9.53 Å². The van der Waals surface area contributed by atoms with Gasteiger partial charge in [0, 0.05) is 44.0 Å². The number of hydrogen-bond acceptors (Lipinski definition) is 4. The predicted molar refractivity (Wildman–Crippen MR) is 113 cm³/mol. The number of rotatable bonds is 6. The van der Waals surface area contributed by atoms with Crippen molar-refractivity contribution in [3.63, 3.8) is 0 Å². The molecule has 2 saturated heterocycles. The molecule has 2 aromatic rings. The average molecular weight is 397 g/mol. The smallest absolute Gasteiger partial charge is 0.230 e. The van der Waals surface area contributed by atoms with Gasteiger partial charge in [0.1, 0.15) is 5.75 Å². The van der Waals surface area contributed by atoms with Crippen LogP contribution in [0.1, 0.15) is 43.0 Å². The Morgan fingerprint density at radius 3 is 2.83 bits per heavy atom. The molecule has 1 amide bonds. The van der Waals surface area contributed by atoms with E-state index in [1.807, 2.05) is 29.1 Å². The summed E-state index contributed by atoms with van der Waals surface area (Å²) in [5.74, 6) is 1.17. The quantitative estimate of drug-likeness (QED) is 0.752. The number of nitrogens with zero attached hydrogens (tertiary/aromatic N) is 4. The summed E-state index contributed by atoms with van der Waals surface area (Å²) in [5, 5.41) is 4.47. The zero-order chi connectivity index (χ0) is 20.4. The monoisotopic (exact) mass is 396 g/mol. The van der Waals surface area contributed by atoms with Crippen LogP contribution in [0, 0.1) is 12.3 Å². The first kappa shape index (κ1) is 20.0. The van der Waals surface area contributed by atoms with E-state index in [0.29, 0.717) is 12.5 Å². The molecule has 3 heterocycles. The summed E-state index contributed by atoms with van der Waals surface area (Å²) in [7, 11) is 1.68. The van der Waals surface area contributed by atoms with Crippen molar-refractivity contribution in [3.05, 3.63) is 47.3 Å². The van der Waals surface area contributed by atoms with Gasteiger partial charge in [0.25, 0.3) is 0 Å². The van der Waals surface area contributed by atoms with Crippen LogP contribution in [0.2, 0.25) is 0 Å². The van der Waals surface area contributed by atoms with Gasteiger partial charge in [-0.1, -0.05) is 12.1 Å². The highest BCUT2D eigenvalue weighted by atomic mass is 16.5. The second-order valence-corrected chi connectivity index (χ2v) is 8.49. The maximum atomic E-state index is 13.5. The van der Waals surface area contributed by atoms with Crippen LogP contribution in [-0.2, 0) is 24.4 Å². The fourth-order valence-electron chi connectivity index (χ4n) is 4.97. The lowest BCUT2D eigenvalue weighted by atomic mass is 9.78. The van der Waals surface area contributed by atoms with E-state index in [2.05, 4.69) is 34.8 Å². The SMILES string of the molecule is CCn1ncc(CN2CCC3(CCCN(Cc4cccc(OC)c4)C3=O)C2)c1C. The van der Waals surface area contributed by atoms with Crippen molar-refractivity contribution in [2.45, 2.75) is 52.7 Å². The molecule has 0 saturated carbocycles. The Hall–Kier alpha value is -2.34. The molecule has 0 bridgehead atoms. The molecule has 6 heteroatoms. The Kier molecular flexibility index (Phi) is 5.63. The van der Waals surface area contributed by atoms with E-state index in [4.69, 9.17) is 4.74 Å². The summed E-state index contributed by atoms with van der Waals surface area (Å²) in [4.78, 5) is 18.0. The van der Waals surface area contributed by atoms with Gasteiger partial charge in [-0.3, -0.25) is 14.4 Å². The fourth-order valence-corrected chi connectivity index (χ4v) is 4.97. The third-order valence-electron chi connectivity index (χ3n) is 6.66. The average Bonchev–Trinajstić information content (AvgIpc) is 3.30. The first-order valence-corrected chi connectivity index (χ1v) is 10.7. The maximum Gasteiger partial charge on any atom is 0.230 e. The van der Waals surface area contributed by atoms with E-state index >= 15 is 0 Å². The predicted octanol–water partition coefficient (Wildman–Crippen LogP) is 3.23. The van der Waals surface area contributed by atoms with Crippen molar-refractivity contribution in [1.29, 1.82) is 0 Å². The second-order valence-electron chi connectivity index (χ2n) is 8.49. The minimum Gasteiger partial charge on any atom is -0.497 e. The summed E-state index contributed by atoms with van der Waals surface area (Å²) in [6.07, 6.45) is 5.03. The minimum absolute atomic E-state index is 0.216. The summed E-state index contributed by atoms with van der Waals surface area (Å²) < 4.78 is 7.38. The standard InChI is InChI=1S/C23H32N4O2/c1-4-27-18(2)20(14-24-27)16-25-12-10-23(17-25)9-6-11-26(22(23)28)15-19-7-5-8-21(13-19)29-3/h5,7-8,13-14H,4,6,9-12,15-17H2,1-3H3. The summed E-state index contributed by atoms with van der Waals surface area (Å²) in [6, 6.07) is 8.05. The molecule has 156 valence electrons. The molecule has 1 atom stereocenters. The molecule has 0 N–H and O–H groups in total. The highest BCUT2D eigenvalue weighted by Gasteiger charge is 2.48. The zero-order valence-electron chi connectivity index (χ0n) is 17.9. The van der Waals surface area contributed by atoms with E-state index < -0.39 is 0 Å². The van der Waals surface area contributed by atoms with Crippen LogP contribution in [0.3, 0.4) is 0 Å². The third-order valence-corrected chi connectivity index (χ3v) is 6.66. The van der Waals surface area contributed by atoms with E-state index in [9.17, 15) is 4.79 Å². The molecular formula is C23H32N4O2. The van der Waals surface area contributed by atoms with Gasteiger partial charge in [-0.05, 0) is 57.4 Å². The van der Waals surface area contributed by atoms with E-state index in [-0.39, 0.29) is 5.41 Å². The van der Waals surface area contributed by atoms with Crippen LogP contribution in [0.15, 0.2) is 30.5 Å². The van der Waals surface area contributed by atoms with E-state index in [1.165, 1.54) is 11.3 Å². The lowest BCUT2D eigenvalue weighted by Gasteiger charge is -2.39. The van der Waals surface area contributed by atoms with Crippen molar-refractivity contribution in [2.75, 3.05) is 26.7 Å². The first-order chi connectivity index (χ1) is 14.0. The molecule has 1 spiro atoms. The third kappa shape index (κ3) is 3.90. The maximum absolute atomic E-state index is 13.5. The minimum atomic E-state index is -0.216. The largest absolute Gasteiger partial charge is 0.497 e. The highest BCUT2D eigenvalue weighted by Crippen LogP contribution is 2.41. The van der Waals surface area contributed by atoms with Gasteiger partial charge >= 0.3 is 0 Å². The lowest BCUT2D eigenvalue weighted by molar-refractivity contribution is -0.146. The molecule has 1 aromatic carbocycles. The van der Waals surface area contributed by atoms with Crippen molar-refractivity contribution in [3.8, 4) is 5.75 Å². The van der Waals surface area contributed by atoms with Crippen LogP contribution in [0.25, 0.3) is 0 Å². The number of benzene rings is 1. The fraction of sp³-hybridized carbons (Fsp3) is 0.565. The van der Waals surface area contributed by atoms with Crippen molar-refractivity contribution in [1.82, 2.24) is 19.6 Å². The van der Waals surface area contributed by atoms with E-state index in [1.54, 1.807) is 7.11 Å². The van der Waals surface area contributed by atoms with Gasteiger partial charge in [-0.25, -0.2) is 0 Å². The van der Waals surface area contributed by atoms with Crippen molar-refractivity contribution >= 4 is 5.91 Å². The molecular weight excluding hydrogens is 364 g/mol. The molecule has 0 radical (unpaired) electrons. The molecule has 2 aliphatic rings. The molecule has 1 unspecified atom stereocenters. The number of piperidine rings is 1. The molecule has 29 heavy (non-hydrogen) atoms. The Morgan fingerprint density at radius 2 is 2.07 bits per heavy atom. The summed E-state index contributed by atoms with van der Waals surface area (Å²) >= 11 is 0. The molecule has 6 nitrogen and oxygen atoms in total. The normalized spacial score (nSPS) is 22.6. The number of methoxy groups -OCH3 is 1.